The number of rotatable bonds is 2. The average molecular weight is 223 g/mol. The first-order chi connectivity index (χ1) is 7.13. The summed E-state index contributed by atoms with van der Waals surface area (Å²) in [6.07, 6.45) is 4.66. The maximum absolute atomic E-state index is 11.0. The lowest BCUT2D eigenvalue weighted by Crippen LogP contribution is -2.01. The van der Waals surface area contributed by atoms with E-state index in [2.05, 4.69) is 11.6 Å². The molecule has 2 aromatic heterocycles. The van der Waals surface area contributed by atoms with Gasteiger partial charge in [0.2, 0.25) is 0 Å². The maximum Gasteiger partial charge on any atom is 0.339 e. The molecule has 0 aliphatic heterocycles. The highest BCUT2D eigenvalue weighted by molar-refractivity contribution is 6.29. The third kappa shape index (κ3) is 1.49. The molecular formula is C10H7ClN2O2. The molecule has 0 saturated carbocycles. The zero-order chi connectivity index (χ0) is 11.0. The van der Waals surface area contributed by atoms with Crippen LogP contribution in [0, 0.1) is 0 Å². The monoisotopic (exact) mass is 222 g/mol. The Kier molecular flexibility index (Phi) is 2.21. The fourth-order valence-electron chi connectivity index (χ4n) is 1.35. The minimum atomic E-state index is -1.04. The number of halogens is 1. The summed E-state index contributed by atoms with van der Waals surface area (Å²) >= 11 is 5.85. The van der Waals surface area contributed by atoms with Crippen LogP contribution in [-0.4, -0.2) is 20.5 Å². The zero-order valence-electron chi connectivity index (χ0n) is 7.64. The predicted molar refractivity (Wildman–Crippen MR) is 57.3 cm³/mol. The van der Waals surface area contributed by atoms with Gasteiger partial charge in [-0.25, -0.2) is 9.78 Å². The van der Waals surface area contributed by atoms with Gasteiger partial charge in [0.15, 0.2) is 5.65 Å². The number of carboxylic acids is 1. The molecule has 0 radical (unpaired) electrons. The molecule has 2 heterocycles. The number of pyridine rings is 1. The Labute approximate surface area is 90.4 Å². The third-order valence-corrected chi connectivity index (χ3v) is 2.33. The number of nitrogens with zero attached hydrogens (tertiary/aromatic N) is 2. The summed E-state index contributed by atoms with van der Waals surface area (Å²) in [5.41, 5.74) is 1.12. The molecule has 76 valence electrons. The van der Waals surface area contributed by atoms with Crippen LogP contribution in [0.2, 0.25) is 5.15 Å². The summed E-state index contributed by atoms with van der Waals surface area (Å²) < 4.78 is 1.52. The second-order valence-electron chi connectivity index (χ2n) is 2.97. The second kappa shape index (κ2) is 3.40. The first-order valence-electron chi connectivity index (χ1n) is 4.16. The number of hydrogen-bond acceptors (Lipinski definition) is 2. The minimum absolute atomic E-state index is 0.110. The lowest BCUT2D eigenvalue weighted by atomic mass is 10.2. The molecule has 0 aliphatic carbocycles. The van der Waals surface area contributed by atoms with Crippen molar-refractivity contribution in [1.82, 2.24) is 9.38 Å². The van der Waals surface area contributed by atoms with Crippen LogP contribution in [0.1, 0.15) is 15.9 Å². The van der Waals surface area contributed by atoms with Gasteiger partial charge in [-0.15, -0.1) is 0 Å². The van der Waals surface area contributed by atoms with Crippen molar-refractivity contribution in [2.45, 2.75) is 0 Å². The van der Waals surface area contributed by atoms with E-state index in [0.717, 1.165) is 0 Å². The van der Waals surface area contributed by atoms with Gasteiger partial charge in [0, 0.05) is 6.20 Å². The predicted octanol–water partition coefficient (Wildman–Crippen LogP) is 2.33. The number of imidazole rings is 1. The van der Waals surface area contributed by atoms with Crippen molar-refractivity contribution in [1.29, 1.82) is 0 Å². The molecule has 5 heteroatoms. The van der Waals surface area contributed by atoms with Gasteiger partial charge < -0.3 is 5.11 Å². The van der Waals surface area contributed by atoms with Gasteiger partial charge in [-0.05, 0) is 11.6 Å². The van der Waals surface area contributed by atoms with Crippen molar-refractivity contribution in [3.05, 3.63) is 41.3 Å². The molecule has 2 aromatic rings. The lowest BCUT2D eigenvalue weighted by molar-refractivity contribution is 0.0698. The molecule has 0 saturated heterocycles. The molecule has 0 spiro atoms. The fourth-order valence-corrected chi connectivity index (χ4v) is 1.53. The Morgan fingerprint density at radius 1 is 1.67 bits per heavy atom. The standard InChI is InChI=1S/C10H7ClN2O2/c1-2-6-3-7(10(14)15)9-12-4-8(11)13(9)5-6/h2-5H,1H2,(H,14,15). The highest BCUT2D eigenvalue weighted by atomic mass is 35.5. The smallest absolute Gasteiger partial charge is 0.339 e. The Bertz CT molecular complexity index is 560. The summed E-state index contributed by atoms with van der Waals surface area (Å²) in [4.78, 5) is 14.9. The summed E-state index contributed by atoms with van der Waals surface area (Å²) in [6, 6.07) is 1.51. The van der Waals surface area contributed by atoms with Crippen LogP contribution >= 0.6 is 11.6 Å². The van der Waals surface area contributed by atoms with E-state index in [0.29, 0.717) is 16.4 Å². The van der Waals surface area contributed by atoms with E-state index in [4.69, 9.17) is 16.7 Å². The lowest BCUT2D eigenvalue weighted by Gasteiger charge is -2.02. The molecule has 2 rings (SSSR count). The van der Waals surface area contributed by atoms with Gasteiger partial charge in [-0.1, -0.05) is 24.3 Å². The second-order valence-corrected chi connectivity index (χ2v) is 3.36. The molecule has 4 nitrogen and oxygen atoms in total. The molecule has 0 fully saturated rings. The van der Waals surface area contributed by atoms with Gasteiger partial charge in [-0.3, -0.25) is 4.40 Å². The van der Waals surface area contributed by atoms with Crippen LogP contribution in [0.5, 0.6) is 0 Å². The number of hydrogen-bond donors (Lipinski definition) is 1. The zero-order valence-corrected chi connectivity index (χ0v) is 8.40. The molecule has 1 N–H and O–H groups in total. The van der Waals surface area contributed by atoms with E-state index in [-0.39, 0.29) is 5.56 Å². The van der Waals surface area contributed by atoms with Crippen molar-refractivity contribution < 1.29 is 9.90 Å². The summed E-state index contributed by atoms with van der Waals surface area (Å²) in [7, 11) is 0. The van der Waals surface area contributed by atoms with Gasteiger partial charge in [-0.2, -0.15) is 0 Å². The molecule has 0 amide bonds. The van der Waals surface area contributed by atoms with Crippen LogP contribution in [-0.2, 0) is 0 Å². The van der Waals surface area contributed by atoms with Crippen LogP contribution in [0.25, 0.3) is 11.7 Å². The first kappa shape index (κ1) is 9.73. The molecule has 0 atom stereocenters. The van der Waals surface area contributed by atoms with E-state index in [9.17, 15) is 4.79 Å². The SMILES string of the molecule is C=Cc1cc(C(=O)O)c2ncc(Cl)n2c1. The van der Waals surface area contributed by atoms with Crippen molar-refractivity contribution in [2.24, 2.45) is 0 Å². The normalized spacial score (nSPS) is 10.5. The van der Waals surface area contributed by atoms with Gasteiger partial charge >= 0.3 is 5.97 Å². The van der Waals surface area contributed by atoms with E-state index >= 15 is 0 Å². The molecular weight excluding hydrogens is 216 g/mol. The van der Waals surface area contributed by atoms with Crippen molar-refractivity contribution in [2.75, 3.05) is 0 Å². The van der Waals surface area contributed by atoms with Gasteiger partial charge in [0.05, 0.1) is 6.20 Å². The summed E-state index contributed by atoms with van der Waals surface area (Å²) in [6.45, 7) is 3.58. The average Bonchev–Trinajstić information content (AvgIpc) is 2.59. The Morgan fingerprint density at radius 2 is 2.40 bits per heavy atom. The van der Waals surface area contributed by atoms with E-state index in [1.54, 1.807) is 12.3 Å². The van der Waals surface area contributed by atoms with Crippen LogP contribution in [0.15, 0.2) is 25.0 Å². The van der Waals surface area contributed by atoms with Crippen molar-refractivity contribution in [3.63, 3.8) is 0 Å². The highest BCUT2D eigenvalue weighted by Gasteiger charge is 2.13. The number of carbonyl (C=O) groups is 1. The highest BCUT2D eigenvalue weighted by Crippen LogP contribution is 2.18. The largest absolute Gasteiger partial charge is 0.478 e. The maximum atomic E-state index is 11.0. The quantitative estimate of drug-likeness (QED) is 0.849. The summed E-state index contributed by atoms with van der Waals surface area (Å²) in [5, 5.41) is 9.35. The van der Waals surface area contributed by atoms with Gasteiger partial charge in [0.1, 0.15) is 10.7 Å². The fraction of sp³-hybridized carbons (Fsp3) is 0. The van der Waals surface area contributed by atoms with Crippen LogP contribution in [0.3, 0.4) is 0 Å². The molecule has 0 aliphatic rings. The van der Waals surface area contributed by atoms with E-state index in [1.165, 1.54) is 16.7 Å². The molecule has 0 bridgehead atoms. The van der Waals surface area contributed by atoms with Crippen LogP contribution < -0.4 is 0 Å². The van der Waals surface area contributed by atoms with Crippen molar-refractivity contribution in [3.8, 4) is 0 Å². The van der Waals surface area contributed by atoms with E-state index in [1.807, 2.05) is 0 Å². The minimum Gasteiger partial charge on any atom is -0.478 e. The van der Waals surface area contributed by atoms with Crippen LogP contribution in [0.4, 0.5) is 0 Å². The topological polar surface area (TPSA) is 54.6 Å². The molecule has 0 aromatic carbocycles. The molecule has 0 unspecified atom stereocenters. The number of aromatic nitrogens is 2. The number of aromatic carboxylic acids is 1. The first-order valence-corrected chi connectivity index (χ1v) is 4.53. The van der Waals surface area contributed by atoms with E-state index < -0.39 is 5.97 Å². The Hall–Kier alpha value is -1.81. The Morgan fingerprint density at radius 3 is 3.00 bits per heavy atom. The Balaban J connectivity index is 2.88. The summed E-state index contributed by atoms with van der Waals surface area (Å²) in [5.74, 6) is -1.04. The van der Waals surface area contributed by atoms with Crippen molar-refractivity contribution >= 4 is 29.3 Å². The number of fused-ring (bicyclic) bond motifs is 1. The third-order valence-electron chi connectivity index (χ3n) is 2.05. The number of carboxylic acid groups (broad SMARTS) is 1. The van der Waals surface area contributed by atoms with Gasteiger partial charge in [0.25, 0.3) is 0 Å². The molecule has 15 heavy (non-hydrogen) atoms.